The van der Waals surface area contributed by atoms with Gasteiger partial charge in [-0.1, -0.05) is 41.4 Å². The second-order valence-electron chi connectivity index (χ2n) is 7.61. The summed E-state index contributed by atoms with van der Waals surface area (Å²) in [7, 11) is 1.26. The zero-order chi connectivity index (χ0) is 25.4. The molecular formula is C24H26Cl2N2O6S. The van der Waals surface area contributed by atoms with Gasteiger partial charge in [-0.15, -0.1) is 11.8 Å². The summed E-state index contributed by atoms with van der Waals surface area (Å²) >= 11 is 13.8. The van der Waals surface area contributed by atoms with Gasteiger partial charge in [0.15, 0.2) is 0 Å². The van der Waals surface area contributed by atoms with Gasteiger partial charge < -0.3 is 19.5 Å². The normalized spacial score (nSPS) is 15.9. The van der Waals surface area contributed by atoms with Gasteiger partial charge in [0.2, 0.25) is 5.91 Å². The number of ether oxygens (including phenoxy) is 3. The first-order valence-electron chi connectivity index (χ1n) is 10.9. The molecule has 1 heterocycles. The first kappa shape index (κ1) is 27.0. The smallest absolute Gasteiger partial charge is 0.411 e. The number of hydrogen-bond acceptors (Lipinski definition) is 7. The van der Waals surface area contributed by atoms with E-state index in [1.54, 1.807) is 49.4 Å². The summed E-state index contributed by atoms with van der Waals surface area (Å²) in [6.45, 7) is 2.12. The third-order valence-corrected chi connectivity index (χ3v) is 7.02. The lowest BCUT2D eigenvalue weighted by molar-refractivity contribution is -0.145. The molecule has 0 spiro atoms. The minimum Gasteiger partial charge on any atom is -0.489 e. The molecule has 0 bridgehead atoms. The minimum absolute atomic E-state index is 0.203. The molecule has 8 nitrogen and oxygen atoms in total. The second-order valence-corrected chi connectivity index (χ2v) is 9.42. The number of amides is 2. The van der Waals surface area contributed by atoms with Crippen molar-refractivity contribution in [2.45, 2.75) is 32.0 Å². The van der Waals surface area contributed by atoms with Crippen LogP contribution in [0.15, 0.2) is 42.5 Å². The van der Waals surface area contributed by atoms with E-state index in [9.17, 15) is 14.4 Å². The number of rotatable bonds is 9. The van der Waals surface area contributed by atoms with E-state index in [-0.39, 0.29) is 19.6 Å². The molecule has 2 amide bonds. The summed E-state index contributed by atoms with van der Waals surface area (Å²) in [6, 6.07) is 10.7. The molecule has 0 aliphatic carbocycles. The molecular weight excluding hydrogens is 515 g/mol. The van der Waals surface area contributed by atoms with Crippen LogP contribution in [0.1, 0.15) is 18.1 Å². The molecule has 2 atom stereocenters. The van der Waals surface area contributed by atoms with Crippen LogP contribution in [0.5, 0.6) is 5.75 Å². The van der Waals surface area contributed by atoms with E-state index in [4.69, 9.17) is 37.4 Å². The van der Waals surface area contributed by atoms with Crippen molar-refractivity contribution in [3.8, 4) is 5.75 Å². The molecule has 0 saturated carbocycles. The number of halogens is 2. The van der Waals surface area contributed by atoms with E-state index < -0.39 is 30.1 Å². The lowest BCUT2D eigenvalue weighted by atomic mass is 10.1. The van der Waals surface area contributed by atoms with E-state index >= 15 is 0 Å². The van der Waals surface area contributed by atoms with Crippen molar-refractivity contribution in [2.24, 2.45) is 0 Å². The fourth-order valence-electron chi connectivity index (χ4n) is 3.43. The monoisotopic (exact) mass is 540 g/mol. The average Bonchev–Trinajstić information content (AvgIpc) is 3.34. The number of benzene rings is 2. The molecule has 1 aliphatic heterocycles. The summed E-state index contributed by atoms with van der Waals surface area (Å²) in [5.74, 6) is 0.340. The van der Waals surface area contributed by atoms with Crippen LogP contribution in [0.2, 0.25) is 10.0 Å². The van der Waals surface area contributed by atoms with E-state index in [0.29, 0.717) is 33.0 Å². The quantitative estimate of drug-likeness (QED) is 0.473. The fraction of sp³-hybridized carbons (Fsp3) is 0.375. The van der Waals surface area contributed by atoms with Gasteiger partial charge >= 0.3 is 12.1 Å². The molecule has 2 aromatic rings. The van der Waals surface area contributed by atoms with Crippen LogP contribution in [0.3, 0.4) is 0 Å². The topological polar surface area (TPSA) is 94.2 Å². The first-order chi connectivity index (χ1) is 16.8. The highest BCUT2D eigenvalue weighted by Crippen LogP contribution is 2.26. The van der Waals surface area contributed by atoms with Crippen LogP contribution < -0.4 is 10.1 Å². The van der Waals surface area contributed by atoms with Gasteiger partial charge in [-0.25, -0.2) is 9.59 Å². The Balaban J connectivity index is 1.62. The molecule has 188 valence electrons. The Morgan fingerprint density at radius 1 is 1.14 bits per heavy atom. The summed E-state index contributed by atoms with van der Waals surface area (Å²) < 4.78 is 15.7. The predicted octanol–water partition coefficient (Wildman–Crippen LogP) is 4.30. The number of nitrogens with one attached hydrogen (secondary N) is 1. The van der Waals surface area contributed by atoms with Gasteiger partial charge in [0.1, 0.15) is 24.4 Å². The van der Waals surface area contributed by atoms with Crippen LogP contribution in [-0.4, -0.2) is 60.3 Å². The zero-order valence-electron chi connectivity index (χ0n) is 19.3. The lowest BCUT2D eigenvalue weighted by Gasteiger charge is -2.24. The predicted molar refractivity (Wildman–Crippen MR) is 135 cm³/mol. The van der Waals surface area contributed by atoms with E-state index in [0.717, 1.165) is 5.56 Å². The lowest BCUT2D eigenvalue weighted by Crippen LogP contribution is -2.52. The summed E-state index contributed by atoms with van der Waals surface area (Å²) in [4.78, 5) is 38.8. The zero-order valence-corrected chi connectivity index (χ0v) is 21.6. The van der Waals surface area contributed by atoms with Crippen molar-refractivity contribution in [3.63, 3.8) is 0 Å². The molecule has 1 N–H and O–H groups in total. The highest BCUT2D eigenvalue weighted by Gasteiger charge is 2.37. The first-order valence-corrected chi connectivity index (χ1v) is 12.8. The van der Waals surface area contributed by atoms with Crippen LogP contribution in [-0.2, 0) is 32.1 Å². The van der Waals surface area contributed by atoms with Crippen molar-refractivity contribution in [1.29, 1.82) is 0 Å². The van der Waals surface area contributed by atoms with Crippen LogP contribution in [0, 0.1) is 0 Å². The van der Waals surface area contributed by atoms with Gasteiger partial charge in [-0.05, 0) is 36.8 Å². The molecule has 0 unspecified atom stereocenters. The average molecular weight is 541 g/mol. The minimum atomic E-state index is -0.921. The molecule has 11 heteroatoms. The van der Waals surface area contributed by atoms with Crippen molar-refractivity contribution < 1.29 is 28.6 Å². The number of carbonyl (C=O) groups is 3. The summed E-state index contributed by atoms with van der Waals surface area (Å²) in [5, 5.41) is 3.76. The highest BCUT2D eigenvalue weighted by molar-refractivity contribution is 7.99. The number of carbonyl (C=O) groups excluding carboxylic acids is 3. The van der Waals surface area contributed by atoms with Crippen LogP contribution in [0.4, 0.5) is 4.79 Å². The number of methoxy groups -OCH3 is 1. The van der Waals surface area contributed by atoms with Crippen molar-refractivity contribution in [1.82, 2.24) is 10.2 Å². The van der Waals surface area contributed by atoms with Gasteiger partial charge in [0.05, 0.1) is 19.6 Å². The molecule has 0 radical (unpaired) electrons. The fourth-order valence-corrected chi connectivity index (χ4v) is 5.08. The van der Waals surface area contributed by atoms with Crippen molar-refractivity contribution >= 4 is 52.9 Å². The molecule has 35 heavy (non-hydrogen) atoms. The molecule has 1 saturated heterocycles. The van der Waals surface area contributed by atoms with Crippen LogP contribution >= 0.6 is 35.0 Å². The number of thioether (sulfide) groups is 1. The Kier molecular flexibility index (Phi) is 9.94. The second kappa shape index (κ2) is 12.9. The maximum absolute atomic E-state index is 12.9. The Labute approximate surface area is 218 Å². The van der Waals surface area contributed by atoms with Gasteiger partial charge in [0, 0.05) is 27.8 Å². The standard InChI is InChI=1S/C24H26Cl2N2O6S/c1-3-33-24(31)28-14-35-13-21(28)22(29)27-20(23(30)32-2)11-15-7-9-16(10-8-15)34-12-17-18(25)5-4-6-19(17)26/h4-10,20-21H,3,11-14H2,1-2H3,(H,27,29)/t20-,21+/m0/s1. The number of esters is 1. The van der Waals surface area contributed by atoms with Crippen LogP contribution in [0.25, 0.3) is 0 Å². The summed E-state index contributed by atoms with van der Waals surface area (Å²) in [5.41, 5.74) is 1.47. The Morgan fingerprint density at radius 3 is 2.46 bits per heavy atom. The third-order valence-electron chi connectivity index (χ3n) is 5.30. The van der Waals surface area contributed by atoms with Gasteiger partial charge in [-0.2, -0.15) is 0 Å². The van der Waals surface area contributed by atoms with Gasteiger partial charge in [-0.3, -0.25) is 9.69 Å². The SMILES string of the molecule is CCOC(=O)N1CSC[C@@H]1C(=O)N[C@@H](Cc1ccc(OCc2c(Cl)cccc2Cl)cc1)C(=O)OC. The Bertz CT molecular complexity index is 1030. The number of nitrogens with zero attached hydrogens (tertiary/aromatic N) is 1. The maximum atomic E-state index is 12.9. The van der Waals surface area contributed by atoms with E-state index in [1.165, 1.54) is 23.8 Å². The molecule has 1 fully saturated rings. The maximum Gasteiger partial charge on any atom is 0.411 e. The highest BCUT2D eigenvalue weighted by atomic mass is 35.5. The largest absolute Gasteiger partial charge is 0.489 e. The Hall–Kier alpha value is -2.62. The third kappa shape index (κ3) is 7.19. The summed E-state index contributed by atoms with van der Waals surface area (Å²) in [6.07, 6.45) is -0.352. The van der Waals surface area contributed by atoms with Crippen molar-refractivity contribution in [3.05, 3.63) is 63.6 Å². The molecule has 1 aliphatic rings. The van der Waals surface area contributed by atoms with E-state index in [1.807, 2.05) is 0 Å². The van der Waals surface area contributed by atoms with E-state index in [2.05, 4.69) is 5.32 Å². The number of hydrogen-bond donors (Lipinski definition) is 1. The van der Waals surface area contributed by atoms with Gasteiger partial charge in [0.25, 0.3) is 0 Å². The molecule has 0 aromatic heterocycles. The molecule has 3 rings (SSSR count). The van der Waals surface area contributed by atoms with Crippen molar-refractivity contribution in [2.75, 3.05) is 25.3 Å². The Morgan fingerprint density at radius 2 is 1.83 bits per heavy atom. The molecule has 2 aromatic carbocycles.